The highest BCUT2D eigenvalue weighted by Crippen LogP contribution is 2.31. The Kier molecular flexibility index (Phi) is 6.94. The average Bonchev–Trinajstić information content (AvgIpc) is 2.84. The zero-order chi connectivity index (χ0) is 23.9. The Hall–Kier alpha value is -4.51. The fraction of sp³-hybridized carbons (Fsp3) is 0. The Morgan fingerprint density at radius 3 is 2.24 bits per heavy atom. The number of hydrogen-bond acceptors (Lipinski definition) is 8. The van der Waals surface area contributed by atoms with Crippen LogP contribution in [0.15, 0.2) is 89.7 Å². The maximum Gasteiger partial charge on any atom is 0.355 e. The summed E-state index contributed by atoms with van der Waals surface area (Å²) in [5, 5.41) is 14.7. The van der Waals surface area contributed by atoms with Gasteiger partial charge in [0.05, 0.1) is 10.5 Å². The highest BCUT2D eigenvalue weighted by Gasteiger charge is 2.24. The van der Waals surface area contributed by atoms with Crippen molar-refractivity contribution in [1.82, 2.24) is 15.4 Å². The van der Waals surface area contributed by atoms with E-state index in [0.29, 0.717) is 27.2 Å². The molecule has 10 nitrogen and oxygen atoms in total. The van der Waals surface area contributed by atoms with Crippen LogP contribution in [-0.4, -0.2) is 20.8 Å². The quantitative estimate of drug-likeness (QED) is 0.206. The molecule has 0 aliphatic heterocycles. The van der Waals surface area contributed by atoms with Gasteiger partial charge in [-0.2, -0.15) is 0 Å². The number of amides is 1. The highest BCUT2D eigenvalue weighted by molar-refractivity contribution is 9.10. The second-order valence-electron chi connectivity index (χ2n) is 6.80. The summed E-state index contributed by atoms with van der Waals surface area (Å²) in [6.07, 6.45) is 1.15. The van der Waals surface area contributed by atoms with Crippen molar-refractivity contribution < 1.29 is 14.5 Å². The zero-order valence-corrected chi connectivity index (χ0v) is 19.0. The molecule has 0 spiro atoms. The largest absolute Gasteiger partial charge is 0.457 e. The van der Waals surface area contributed by atoms with Crippen LogP contribution in [-0.2, 0) is 0 Å². The molecule has 0 fully saturated rings. The number of benzene rings is 3. The van der Waals surface area contributed by atoms with E-state index in [1.807, 2.05) is 30.3 Å². The third-order valence-electron chi connectivity index (χ3n) is 4.51. The van der Waals surface area contributed by atoms with Gasteiger partial charge in [-0.15, -0.1) is 0 Å². The van der Waals surface area contributed by atoms with Crippen molar-refractivity contribution >= 4 is 44.8 Å². The average molecular weight is 521 g/mol. The number of nitrogens with zero attached hydrogens (tertiary/aromatic N) is 3. The maximum absolute atomic E-state index is 12.4. The summed E-state index contributed by atoms with van der Waals surface area (Å²) >= 11 is 3.29. The number of halogens is 1. The van der Waals surface area contributed by atoms with E-state index >= 15 is 0 Å². The van der Waals surface area contributed by atoms with Crippen LogP contribution >= 0.6 is 15.9 Å². The monoisotopic (exact) mass is 520 g/mol. The summed E-state index contributed by atoms with van der Waals surface area (Å²) in [6, 6.07) is 22.9. The summed E-state index contributed by atoms with van der Waals surface area (Å²) in [5.41, 5.74) is 5.39. The molecule has 0 saturated carbocycles. The predicted molar refractivity (Wildman–Crippen MR) is 130 cm³/mol. The number of aromatic nitrogens is 2. The molecule has 1 amide bonds. The van der Waals surface area contributed by atoms with Crippen LogP contribution in [0.2, 0.25) is 0 Å². The molecule has 170 valence electrons. The summed E-state index contributed by atoms with van der Waals surface area (Å²) in [5.74, 6) is 0.575. The molecule has 4 aromatic rings. The molecule has 3 N–H and O–H groups in total. The molecule has 0 bridgehead atoms. The SMILES string of the molecule is O=C(NNc1ncnc(Nc2ccc(Oc3ccccc3)cc2)c1[N+](=O)[O-])c1ccccc1Br. The minimum Gasteiger partial charge on any atom is -0.457 e. The first-order valence-corrected chi connectivity index (χ1v) is 10.7. The van der Waals surface area contributed by atoms with E-state index in [2.05, 4.69) is 42.1 Å². The predicted octanol–water partition coefficient (Wildman–Crippen LogP) is 5.44. The van der Waals surface area contributed by atoms with Crippen molar-refractivity contribution in [2.24, 2.45) is 0 Å². The topological polar surface area (TPSA) is 131 Å². The molecule has 1 heterocycles. The van der Waals surface area contributed by atoms with Gasteiger partial charge < -0.3 is 10.1 Å². The Labute approximate surface area is 202 Å². The Balaban J connectivity index is 1.49. The molecule has 34 heavy (non-hydrogen) atoms. The first kappa shape index (κ1) is 22.7. The van der Waals surface area contributed by atoms with Gasteiger partial charge in [-0.3, -0.25) is 25.8 Å². The van der Waals surface area contributed by atoms with Crippen LogP contribution in [0.5, 0.6) is 11.5 Å². The van der Waals surface area contributed by atoms with E-state index < -0.39 is 16.5 Å². The molecule has 0 unspecified atom stereocenters. The van der Waals surface area contributed by atoms with Gasteiger partial charge in [0.1, 0.15) is 17.8 Å². The highest BCUT2D eigenvalue weighted by atomic mass is 79.9. The molecule has 3 aromatic carbocycles. The van der Waals surface area contributed by atoms with Crippen molar-refractivity contribution in [3.63, 3.8) is 0 Å². The van der Waals surface area contributed by atoms with Crippen LogP contribution in [0, 0.1) is 10.1 Å². The molecule has 0 aliphatic carbocycles. The van der Waals surface area contributed by atoms with Crippen LogP contribution in [0.4, 0.5) is 23.0 Å². The molecule has 11 heteroatoms. The molecular weight excluding hydrogens is 504 g/mol. The van der Waals surface area contributed by atoms with Crippen LogP contribution < -0.4 is 20.9 Å². The zero-order valence-electron chi connectivity index (χ0n) is 17.4. The number of hydrogen-bond donors (Lipinski definition) is 3. The first-order valence-electron chi connectivity index (χ1n) is 9.91. The summed E-state index contributed by atoms with van der Waals surface area (Å²) in [7, 11) is 0. The smallest absolute Gasteiger partial charge is 0.355 e. The molecule has 0 saturated heterocycles. The number of hydrazine groups is 1. The summed E-state index contributed by atoms with van der Waals surface area (Å²) in [4.78, 5) is 31.4. The Bertz CT molecular complexity index is 1320. The first-order chi connectivity index (χ1) is 16.5. The van der Waals surface area contributed by atoms with Gasteiger partial charge in [0, 0.05) is 10.2 Å². The number of rotatable bonds is 8. The fourth-order valence-electron chi connectivity index (χ4n) is 2.93. The van der Waals surface area contributed by atoms with E-state index in [1.54, 1.807) is 48.5 Å². The van der Waals surface area contributed by atoms with Gasteiger partial charge >= 0.3 is 5.69 Å². The number of para-hydroxylation sites is 1. The van der Waals surface area contributed by atoms with Gasteiger partial charge in [0.2, 0.25) is 11.6 Å². The van der Waals surface area contributed by atoms with Crippen LogP contribution in [0.3, 0.4) is 0 Å². The van der Waals surface area contributed by atoms with E-state index in [-0.39, 0.29) is 11.6 Å². The van der Waals surface area contributed by atoms with Crippen molar-refractivity contribution in [1.29, 1.82) is 0 Å². The summed E-state index contributed by atoms with van der Waals surface area (Å²) < 4.78 is 6.33. The molecule has 1 aromatic heterocycles. The van der Waals surface area contributed by atoms with Crippen molar-refractivity contribution in [2.45, 2.75) is 0 Å². The van der Waals surface area contributed by atoms with Gasteiger partial charge in [-0.1, -0.05) is 30.3 Å². The lowest BCUT2D eigenvalue weighted by atomic mass is 10.2. The lowest BCUT2D eigenvalue weighted by molar-refractivity contribution is -0.383. The van der Waals surface area contributed by atoms with Crippen molar-refractivity contribution in [3.8, 4) is 11.5 Å². The number of nitro groups is 1. The Morgan fingerprint density at radius 2 is 1.53 bits per heavy atom. The maximum atomic E-state index is 12.4. The van der Waals surface area contributed by atoms with Gasteiger partial charge in [-0.25, -0.2) is 9.97 Å². The molecule has 0 radical (unpaired) electrons. The normalized spacial score (nSPS) is 10.3. The number of carbonyl (C=O) groups is 1. The lowest BCUT2D eigenvalue weighted by Crippen LogP contribution is -2.30. The standard InChI is InChI=1S/C23H17BrN6O4/c24-19-9-5-4-8-18(19)23(31)29-28-22-20(30(32)33)21(25-14-26-22)27-15-10-12-17(13-11-15)34-16-6-2-1-3-7-16/h1-14H,(H,29,31)(H2,25,26,27,28). The molecule has 4 rings (SSSR count). The number of ether oxygens (including phenoxy) is 1. The van der Waals surface area contributed by atoms with Gasteiger partial charge in [0.25, 0.3) is 5.91 Å². The number of nitrogens with one attached hydrogen (secondary N) is 3. The van der Waals surface area contributed by atoms with Crippen molar-refractivity contribution in [3.05, 3.63) is 105 Å². The number of anilines is 3. The van der Waals surface area contributed by atoms with E-state index in [0.717, 1.165) is 6.33 Å². The fourth-order valence-corrected chi connectivity index (χ4v) is 3.40. The van der Waals surface area contributed by atoms with Crippen LogP contribution in [0.25, 0.3) is 0 Å². The lowest BCUT2D eigenvalue weighted by Gasteiger charge is -2.12. The second kappa shape index (κ2) is 10.4. The summed E-state index contributed by atoms with van der Waals surface area (Å²) in [6.45, 7) is 0. The van der Waals surface area contributed by atoms with E-state index in [9.17, 15) is 14.9 Å². The van der Waals surface area contributed by atoms with Gasteiger partial charge in [0.15, 0.2) is 0 Å². The number of carbonyl (C=O) groups excluding carboxylic acids is 1. The molecule has 0 aliphatic rings. The third kappa shape index (κ3) is 5.45. The minimum absolute atomic E-state index is 0.0469. The Morgan fingerprint density at radius 1 is 0.882 bits per heavy atom. The second-order valence-corrected chi connectivity index (χ2v) is 7.65. The van der Waals surface area contributed by atoms with Crippen LogP contribution in [0.1, 0.15) is 10.4 Å². The van der Waals surface area contributed by atoms with Gasteiger partial charge in [-0.05, 0) is 64.5 Å². The van der Waals surface area contributed by atoms with E-state index in [1.165, 1.54) is 0 Å². The minimum atomic E-state index is -0.637. The molecule has 0 atom stereocenters. The third-order valence-corrected chi connectivity index (χ3v) is 5.21. The van der Waals surface area contributed by atoms with E-state index in [4.69, 9.17) is 4.74 Å². The molecular formula is C23H17BrN6O4. The van der Waals surface area contributed by atoms with Crippen molar-refractivity contribution in [2.75, 3.05) is 10.7 Å².